The van der Waals surface area contributed by atoms with Gasteiger partial charge in [0, 0.05) is 12.1 Å². The number of fused-ring (bicyclic) bond motifs is 1. The van der Waals surface area contributed by atoms with Gasteiger partial charge < -0.3 is 15.3 Å². The number of phenols is 2. The lowest BCUT2D eigenvalue weighted by Gasteiger charge is -2.30. The minimum atomic E-state index is -4.30. The summed E-state index contributed by atoms with van der Waals surface area (Å²) in [7, 11) is -2.71. The molecule has 3 aromatic carbocycles. The summed E-state index contributed by atoms with van der Waals surface area (Å²) >= 11 is 0. The van der Waals surface area contributed by atoms with E-state index in [1.165, 1.54) is 17.0 Å². The van der Waals surface area contributed by atoms with Gasteiger partial charge in [-0.1, -0.05) is 42.5 Å². The van der Waals surface area contributed by atoms with Crippen molar-refractivity contribution < 1.29 is 32.7 Å². The Bertz CT molecular complexity index is 1350. The smallest absolute Gasteiger partial charge is 0.317 e. The average Bonchev–Trinajstić information content (AvgIpc) is 3.00. The molecule has 1 heterocycles. The highest BCUT2D eigenvalue weighted by Gasteiger charge is 2.52. The fourth-order valence-electron chi connectivity index (χ4n) is 4.34. The molecular weight excluding hydrogens is 458 g/mol. The maximum Gasteiger partial charge on any atom is 0.317 e. The van der Waals surface area contributed by atoms with Crippen molar-refractivity contribution in [1.29, 1.82) is 0 Å². The quantitative estimate of drug-likeness (QED) is 0.457. The predicted molar refractivity (Wildman–Crippen MR) is 124 cm³/mol. The van der Waals surface area contributed by atoms with Gasteiger partial charge in [-0.15, -0.1) is 0 Å². The molecule has 0 spiro atoms. The summed E-state index contributed by atoms with van der Waals surface area (Å²) in [6.07, 6.45) is 0. The number of hydrogen-bond acceptors (Lipinski definition) is 7. The molecule has 3 aromatic rings. The Hall–Kier alpha value is -3.40. The monoisotopic (exact) mass is 483 g/mol. The van der Waals surface area contributed by atoms with E-state index in [9.17, 15) is 23.4 Å². The summed E-state index contributed by atoms with van der Waals surface area (Å²) in [5.41, 5.74) is 1.00. The molecule has 0 fully saturated rings. The Morgan fingerprint density at radius 1 is 0.971 bits per heavy atom. The summed E-state index contributed by atoms with van der Waals surface area (Å²) in [5.74, 6) is -1.09. The van der Waals surface area contributed by atoms with Crippen molar-refractivity contribution in [2.24, 2.45) is 0 Å². The molecule has 0 atom stereocenters. The summed E-state index contributed by atoms with van der Waals surface area (Å²) < 4.78 is 32.8. The van der Waals surface area contributed by atoms with Crippen LogP contribution in [0.25, 0.3) is 0 Å². The van der Waals surface area contributed by atoms with E-state index in [4.69, 9.17) is 9.29 Å². The van der Waals surface area contributed by atoms with E-state index in [-0.39, 0.29) is 29.5 Å². The largest absolute Gasteiger partial charge is 0.508 e. The lowest BCUT2D eigenvalue weighted by Crippen LogP contribution is -2.29. The van der Waals surface area contributed by atoms with Gasteiger partial charge in [-0.2, -0.15) is 8.42 Å². The molecule has 4 rings (SSSR count). The van der Waals surface area contributed by atoms with E-state index in [0.717, 1.165) is 0 Å². The predicted octanol–water partition coefficient (Wildman–Crippen LogP) is 3.24. The second-order valence-corrected chi connectivity index (χ2v) is 10.1. The first-order valence-electron chi connectivity index (χ1n) is 10.5. The van der Waals surface area contributed by atoms with Crippen LogP contribution in [0.5, 0.6) is 11.5 Å². The second kappa shape index (κ2) is 8.43. The molecule has 1 aliphatic heterocycles. The van der Waals surface area contributed by atoms with Gasteiger partial charge in [0.1, 0.15) is 16.4 Å². The first-order chi connectivity index (χ1) is 16.0. The number of carbonyl (C=O) groups is 1. The van der Waals surface area contributed by atoms with E-state index in [1.807, 2.05) is 0 Å². The number of phenolic OH excluding ortho intramolecular Hbond substituents is 2. The Morgan fingerprint density at radius 3 is 2.03 bits per heavy atom. The third-order valence-corrected chi connectivity index (χ3v) is 7.49. The molecule has 178 valence electrons. The number of aliphatic carboxylic acids is 1. The topological polar surface area (TPSA) is 124 Å². The molecule has 3 N–H and O–H groups in total. The zero-order chi connectivity index (χ0) is 24.8. The zero-order valence-corrected chi connectivity index (χ0v) is 19.8. The summed E-state index contributed by atoms with van der Waals surface area (Å²) in [5, 5.41) is 30.0. The van der Waals surface area contributed by atoms with Crippen molar-refractivity contribution in [1.82, 2.24) is 4.90 Å². The molecule has 1 aliphatic rings. The second-order valence-electron chi connectivity index (χ2n) is 8.58. The van der Waals surface area contributed by atoms with Crippen LogP contribution < -0.4 is 0 Å². The Balaban J connectivity index is 2.02. The average molecular weight is 484 g/mol. The maximum atomic E-state index is 13.5. The molecule has 0 aliphatic carbocycles. The fourth-order valence-corrected chi connectivity index (χ4v) is 5.97. The number of aryl methyl sites for hydroxylation is 2. The van der Waals surface area contributed by atoms with Crippen LogP contribution in [-0.2, 0) is 31.2 Å². The number of aromatic hydroxyl groups is 2. The maximum absolute atomic E-state index is 13.5. The lowest BCUT2D eigenvalue weighted by atomic mass is 9.79. The zero-order valence-electron chi connectivity index (χ0n) is 18.9. The molecular formula is C25H25NO7S. The van der Waals surface area contributed by atoms with Gasteiger partial charge in [-0.3, -0.25) is 9.69 Å². The summed E-state index contributed by atoms with van der Waals surface area (Å²) in [4.78, 5) is 12.6. The normalized spacial score (nSPS) is 15.9. The van der Waals surface area contributed by atoms with Crippen LogP contribution in [0, 0.1) is 13.8 Å². The van der Waals surface area contributed by atoms with Crippen molar-refractivity contribution in [3.8, 4) is 11.5 Å². The van der Waals surface area contributed by atoms with Crippen LogP contribution in [0.2, 0.25) is 0 Å². The van der Waals surface area contributed by atoms with Crippen molar-refractivity contribution in [3.05, 3.63) is 88.0 Å². The van der Waals surface area contributed by atoms with Crippen LogP contribution >= 0.6 is 0 Å². The van der Waals surface area contributed by atoms with E-state index in [2.05, 4.69) is 0 Å². The van der Waals surface area contributed by atoms with Gasteiger partial charge in [0.2, 0.25) is 0 Å². The van der Waals surface area contributed by atoms with Crippen LogP contribution in [0.1, 0.15) is 33.4 Å². The molecule has 0 radical (unpaired) electrons. The summed E-state index contributed by atoms with van der Waals surface area (Å²) in [6.45, 7) is 3.24. The number of likely N-dealkylation sites (N-methyl/N-ethyl adjacent to an activating group) is 1. The molecule has 9 heteroatoms. The van der Waals surface area contributed by atoms with Crippen LogP contribution in [0.15, 0.2) is 59.5 Å². The number of carboxylic acid groups (broad SMARTS) is 1. The van der Waals surface area contributed by atoms with Crippen molar-refractivity contribution in [2.45, 2.75) is 30.9 Å². The fraction of sp³-hybridized carbons (Fsp3) is 0.240. The standard InChI is InChI=1S/C25H25NO7S/c1-15-7-9-18(11-21(15)27)25(19-10-8-16(2)22(28)12-19)20-6-4-5-17(13-26(3)14-23(29)30)24(20)34(31,32)33-25/h4-12,27-28H,13-14H2,1-3H3,(H,29,30). The van der Waals surface area contributed by atoms with Gasteiger partial charge in [-0.25, -0.2) is 4.18 Å². The highest BCUT2D eigenvalue weighted by atomic mass is 32.2. The van der Waals surface area contributed by atoms with Crippen LogP contribution in [0.3, 0.4) is 0 Å². The Kier molecular flexibility index (Phi) is 5.89. The first kappa shape index (κ1) is 23.7. The molecule has 0 amide bonds. The number of nitrogens with zero attached hydrogens (tertiary/aromatic N) is 1. The summed E-state index contributed by atoms with van der Waals surface area (Å²) in [6, 6.07) is 14.5. The molecule has 0 saturated heterocycles. The van der Waals surface area contributed by atoms with Crippen molar-refractivity contribution in [3.63, 3.8) is 0 Å². The van der Waals surface area contributed by atoms with Gasteiger partial charge >= 0.3 is 5.97 Å². The molecule has 0 bridgehead atoms. The minimum Gasteiger partial charge on any atom is -0.508 e. The molecule has 0 saturated carbocycles. The van der Waals surface area contributed by atoms with E-state index >= 15 is 0 Å². The number of benzene rings is 3. The highest BCUT2D eigenvalue weighted by Crippen LogP contribution is 2.52. The van der Waals surface area contributed by atoms with E-state index in [1.54, 1.807) is 63.4 Å². The highest BCUT2D eigenvalue weighted by molar-refractivity contribution is 7.87. The number of carboxylic acids is 1. The van der Waals surface area contributed by atoms with E-state index < -0.39 is 21.7 Å². The van der Waals surface area contributed by atoms with Crippen molar-refractivity contribution in [2.75, 3.05) is 13.6 Å². The number of hydrogen-bond donors (Lipinski definition) is 3. The minimum absolute atomic E-state index is 0.0278. The van der Waals surface area contributed by atoms with E-state index in [0.29, 0.717) is 33.4 Å². The number of rotatable bonds is 6. The molecule has 8 nitrogen and oxygen atoms in total. The third-order valence-electron chi connectivity index (χ3n) is 6.04. The Labute approximate surface area is 197 Å². The van der Waals surface area contributed by atoms with Gasteiger partial charge in [0.15, 0.2) is 5.60 Å². The first-order valence-corrected chi connectivity index (χ1v) is 11.9. The lowest BCUT2D eigenvalue weighted by molar-refractivity contribution is -0.138. The SMILES string of the molecule is Cc1ccc(C2(c3ccc(C)c(O)c3)OS(=O)(=O)c3c(CN(C)CC(=O)O)cccc32)cc1O. The molecule has 0 unspecified atom stereocenters. The third kappa shape index (κ3) is 3.91. The van der Waals surface area contributed by atoms with Crippen LogP contribution in [0.4, 0.5) is 0 Å². The van der Waals surface area contributed by atoms with Crippen molar-refractivity contribution >= 4 is 16.1 Å². The van der Waals surface area contributed by atoms with Crippen LogP contribution in [-0.4, -0.2) is 48.2 Å². The van der Waals surface area contributed by atoms with Gasteiger partial charge in [-0.05, 0) is 60.8 Å². The van der Waals surface area contributed by atoms with Gasteiger partial charge in [0.05, 0.1) is 6.54 Å². The molecule has 34 heavy (non-hydrogen) atoms. The molecule has 0 aromatic heterocycles. The van der Waals surface area contributed by atoms with Gasteiger partial charge in [0.25, 0.3) is 10.1 Å². The Morgan fingerprint density at radius 2 is 1.53 bits per heavy atom.